The zero-order valence-electron chi connectivity index (χ0n) is 11.8. The molecule has 0 bridgehead atoms. The van der Waals surface area contributed by atoms with Gasteiger partial charge in [-0.2, -0.15) is 13.2 Å². The fourth-order valence-corrected chi connectivity index (χ4v) is 2.36. The van der Waals surface area contributed by atoms with Gasteiger partial charge in [0.2, 0.25) is 5.91 Å². The van der Waals surface area contributed by atoms with Crippen molar-refractivity contribution in [1.29, 1.82) is 0 Å². The molecule has 7 heteroatoms. The Morgan fingerprint density at radius 2 is 2.10 bits per heavy atom. The molecule has 1 aliphatic heterocycles. The van der Waals surface area contributed by atoms with Crippen LogP contribution in [0.15, 0.2) is 24.3 Å². The van der Waals surface area contributed by atoms with Crippen LogP contribution in [0.2, 0.25) is 0 Å². The third-order valence-corrected chi connectivity index (χ3v) is 3.44. The van der Waals surface area contributed by atoms with Crippen LogP contribution >= 0.6 is 0 Å². The SMILES string of the molecule is COCCN1C(=O)C(C)NC1c1cccc(C(F)(F)F)c1. The normalized spacial score (nSPS) is 22.9. The Bertz CT molecular complexity index is 519. The Morgan fingerprint density at radius 3 is 2.71 bits per heavy atom. The monoisotopic (exact) mass is 302 g/mol. The van der Waals surface area contributed by atoms with Crippen molar-refractivity contribution in [2.75, 3.05) is 20.3 Å². The second kappa shape index (κ2) is 6.03. The van der Waals surface area contributed by atoms with Gasteiger partial charge in [-0.3, -0.25) is 10.1 Å². The number of rotatable bonds is 4. The van der Waals surface area contributed by atoms with Gasteiger partial charge in [-0.05, 0) is 24.6 Å². The first-order chi connectivity index (χ1) is 9.84. The van der Waals surface area contributed by atoms with Crippen molar-refractivity contribution in [3.63, 3.8) is 0 Å². The van der Waals surface area contributed by atoms with Gasteiger partial charge in [-0.1, -0.05) is 12.1 Å². The molecule has 1 N–H and O–H groups in total. The smallest absolute Gasteiger partial charge is 0.383 e. The summed E-state index contributed by atoms with van der Waals surface area (Å²) in [5, 5.41) is 3.01. The van der Waals surface area contributed by atoms with E-state index in [0.29, 0.717) is 18.7 Å². The number of ether oxygens (including phenoxy) is 1. The van der Waals surface area contributed by atoms with Gasteiger partial charge in [0.15, 0.2) is 0 Å². The van der Waals surface area contributed by atoms with Gasteiger partial charge in [-0.25, -0.2) is 0 Å². The fraction of sp³-hybridized carbons (Fsp3) is 0.500. The van der Waals surface area contributed by atoms with E-state index in [1.807, 2.05) is 0 Å². The second-order valence-electron chi connectivity index (χ2n) is 4.94. The average Bonchev–Trinajstić information content (AvgIpc) is 2.72. The molecule has 0 saturated carbocycles. The van der Waals surface area contributed by atoms with E-state index in [1.165, 1.54) is 18.1 Å². The van der Waals surface area contributed by atoms with Gasteiger partial charge in [0, 0.05) is 13.7 Å². The van der Waals surface area contributed by atoms with E-state index in [0.717, 1.165) is 12.1 Å². The Labute approximate surface area is 120 Å². The number of hydrogen-bond acceptors (Lipinski definition) is 3. The predicted molar refractivity (Wildman–Crippen MR) is 70.4 cm³/mol. The van der Waals surface area contributed by atoms with Crippen LogP contribution in [0.25, 0.3) is 0 Å². The molecule has 0 radical (unpaired) electrons. The molecule has 1 saturated heterocycles. The lowest BCUT2D eigenvalue weighted by Gasteiger charge is -2.24. The van der Waals surface area contributed by atoms with Gasteiger partial charge in [-0.15, -0.1) is 0 Å². The maximum atomic E-state index is 12.8. The first kappa shape index (κ1) is 15.8. The van der Waals surface area contributed by atoms with Crippen LogP contribution in [0.3, 0.4) is 0 Å². The third kappa shape index (κ3) is 3.36. The van der Waals surface area contributed by atoms with Gasteiger partial charge in [0.05, 0.1) is 18.2 Å². The highest BCUT2D eigenvalue weighted by atomic mass is 19.4. The lowest BCUT2D eigenvalue weighted by Crippen LogP contribution is -2.33. The van der Waals surface area contributed by atoms with Crippen LogP contribution in [0.5, 0.6) is 0 Å². The summed E-state index contributed by atoms with van der Waals surface area (Å²) in [5.74, 6) is -0.144. The van der Waals surface area contributed by atoms with E-state index in [9.17, 15) is 18.0 Å². The summed E-state index contributed by atoms with van der Waals surface area (Å²) >= 11 is 0. The topological polar surface area (TPSA) is 41.6 Å². The second-order valence-corrected chi connectivity index (χ2v) is 4.94. The highest BCUT2D eigenvalue weighted by molar-refractivity contribution is 5.84. The summed E-state index contributed by atoms with van der Waals surface area (Å²) in [6.45, 7) is 2.35. The summed E-state index contributed by atoms with van der Waals surface area (Å²) in [6, 6.07) is 4.59. The van der Waals surface area contributed by atoms with Crippen molar-refractivity contribution in [1.82, 2.24) is 10.2 Å². The van der Waals surface area contributed by atoms with Gasteiger partial charge in [0.1, 0.15) is 6.17 Å². The van der Waals surface area contributed by atoms with Crippen LogP contribution in [0.1, 0.15) is 24.2 Å². The quantitative estimate of drug-likeness (QED) is 0.927. The first-order valence-corrected chi connectivity index (χ1v) is 6.57. The van der Waals surface area contributed by atoms with E-state index < -0.39 is 23.9 Å². The Hall–Kier alpha value is -1.60. The van der Waals surface area contributed by atoms with Crippen molar-refractivity contribution in [2.45, 2.75) is 25.3 Å². The molecule has 1 fully saturated rings. The molecule has 2 rings (SSSR count). The van der Waals surface area contributed by atoms with Crippen LogP contribution in [0, 0.1) is 0 Å². The van der Waals surface area contributed by atoms with Crippen LogP contribution in [-0.4, -0.2) is 37.1 Å². The number of nitrogens with one attached hydrogen (secondary N) is 1. The number of alkyl halides is 3. The molecule has 0 aromatic heterocycles. The van der Waals surface area contributed by atoms with E-state index >= 15 is 0 Å². The summed E-state index contributed by atoms with van der Waals surface area (Å²) in [7, 11) is 1.51. The lowest BCUT2D eigenvalue weighted by atomic mass is 10.1. The number of halogens is 3. The number of nitrogens with zero attached hydrogens (tertiary/aromatic N) is 1. The minimum absolute atomic E-state index is 0.144. The van der Waals surface area contributed by atoms with Crippen molar-refractivity contribution in [2.24, 2.45) is 0 Å². The van der Waals surface area contributed by atoms with Crippen molar-refractivity contribution < 1.29 is 22.7 Å². The zero-order valence-corrected chi connectivity index (χ0v) is 11.8. The van der Waals surface area contributed by atoms with E-state index in [4.69, 9.17) is 4.74 Å². The Balaban J connectivity index is 2.29. The summed E-state index contributed by atoms with van der Waals surface area (Å²) in [6.07, 6.45) is -4.97. The first-order valence-electron chi connectivity index (χ1n) is 6.57. The van der Waals surface area contributed by atoms with Crippen molar-refractivity contribution in [3.05, 3.63) is 35.4 Å². The molecule has 1 aromatic rings. The molecule has 1 aliphatic rings. The summed E-state index contributed by atoms with van der Waals surface area (Å²) in [4.78, 5) is 13.6. The molecule has 0 aliphatic carbocycles. The standard InChI is InChI=1S/C14H17F3N2O2/c1-9-13(20)19(6-7-21-2)12(18-9)10-4-3-5-11(8-10)14(15,16)17/h3-5,8-9,12,18H,6-7H2,1-2H3. The van der Waals surface area contributed by atoms with E-state index in [2.05, 4.69) is 5.32 Å². The molecule has 0 spiro atoms. The van der Waals surface area contributed by atoms with E-state index in [1.54, 1.807) is 13.0 Å². The number of carbonyl (C=O) groups is 1. The minimum Gasteiger partial charge on any atom is -0.383 e. The molecule has 1 aromatic carbocycles. The number of benzene rings is 1. The molecule has 2 atom stereocenters. The van der Waals surface area contributed by atoms with Crippen molar-refractivity contribution >= 4 is 5.91 Å². The van der Waals surface area contributed by atoms with Crippen LogP contribution in [0.4, 0.5) is 13.2 Å². The molecular weight excluding hydrogens is 285 g/mol. The van der Waals surface area contributed by atoms with Crippen molar-refractivity contribution in [3.8, 4) is 0 Å². The van der Waals surface area contributed by atoms with Gasteiger partial charge >= 0.3 is 6.18 Å². The molecule has 21 heavy (non-hydrogen) atoms. The van der Waals surface area contributed by atoms with Gasteiger partial charge < -0.3 is 9.64 Å². The lowest BCUT2D eigenvalue weighted by molar-refractivity contribution is -0.137. The molecular formula is C14H17F3N2O2. The largest absolute Gasteiger partial charge is 0.416 e. The third-order valence-electron chi connectivity index (χ3n) is 3.44. The summed E-state index contributed by atoms with van der Waals surface area (Å²) in [5.41, 5.74) is -0.306. The summed E-state index contributed by atoms with van der Waals surface area (Å²) < 4.78 is 43.3. The Morgan fingerprint density at radius 1 is 1.38 bits per heavy atom. The van der Waals surface area contributed by atoms with E-state index in [-0.39, 0.29) is 5.91 Å². The molecule has 2 unspecified atom stereocenters. The fourth-order valence-electron chi connectivity index (χ4n) is 2.36. The average molecular weight is 302 g/mol. The zero-order chi connectivity index (χ0) is 15.6. The molecule has 1 amide bonds. The molecule has 4 nitrogen and oxygen atoms in total. The van der Waals surface area contributed by atoms with Crippen LogP contribution in [-0.2, 0) is 15.7 Å². The highest BCUT2D eigenvalue weighted by Gasteiger charge is 2.38. The highest BCUT2D eigenvalue weighted by Crippen LogP contribution is 2.32. The Kier molecular flexibility index (Phi) is 4.53. The minimum atomic E-state index is -4.40. The number of hydrogen-bond donors (Lipinski definition) is 1. The number of amides is 1. The maximum Gasteiger partial charge on any atom is 0.416 e. The molecule has 116 valence electrons. The number of methoxy groups -OCH3 is 1. The van der Waals surface area contributed by atoms with Gasteiger partial charge in [0.25, 0.3) is 0 Å². The number of carbonyl (C=O) groups excluding carboxylic acids is 1. The maximum absolute atomic E-state index is 12.8. The van der Waals surface area contributed by atoms with Crippen LogP contribution < -0.4 is 5.32 Å². The molecule has 1 heterocycles. The predicted octanol–water partition coefficient (Wildman–Crippen LogP) is 2.17.